The van der Waals surface area contributed by atoms with Crippen LogP contribution in [-0.2, 0) is 0 Å². The summed E-state index contributed by atoms with van der Waals surface area (Å²) in [6.45, 7) is 1.91. The van der Waals surface area contributed by atoms with Gasteiger partial charge >= 0.3 is 0 Å². The van der Waals surface area contributed by atoms with Gasteiger partial charge in [0.25, 0.3) is 0 Å². The highest BCUT2D eigenvalue weighted by Crippen LogP contribution is 2.26. The number of rotatable bonds is 6. The van der Waals surface area contributed by atoms with Gasteiger partial charge in [0, 0.05) is 18.8 Å². The predicted octanol–water partition coefficient (Wildman–Crippen LogP) is 2.44. The summed E-state index contributed by atoms with van der Waals surface area (Å²) in [5.41, 5.74) is 5.75. The number of aromatic nitrogens is 1. The lowest BCUT2D eigenvalue weighted by Crippen LogP contribution is -2.35. The SMILES string of the molecule is I.NC(=NCC1CCC1)NCCOc1ccc(Cl)cn1. The Morgan fingerprint density at radius 1 is 1.50 bits per heavy atom. The van der Waals surface area contributed by atoms with Crippen LogP contribution in [0.25, 0.3) is 0 Å². The van der Waals surface area contributed by atoms with Gasteiger partial charge in [-0.1, -0.05) is 18.0 Å². The zero-order valence-corrected chi connectivity index (χ0v) is 14.3. The fourth-order valence-electron chi connectivity index (χ4n) is 1.74. The van der Waals surface area contributed by atoms with Crippen molar-refractivity contribution in [1.82, 2.24) is 10.3 Å². The van der Waals surface area contributed by atoms with Crippen molar-refractivity contribution in [3.05, 3.63) is 23.4 Å². The molecule has 1 heterocycles. The Morgan fingerprint density at radius 2 is 2.30 bits per heavy atom. The summed E-state index contributed by atoms with van der Waals surface area (Å²) in [7, 11) is 0. The number of ether oxygens (including phenoxy) is 1. The predicted molar refractivity (Wildman–Crippen MR) is 92.0 cm³/mol. The Bertz CT molecular complexity index is 423. The van der Waals surface area contributed by atoms with E-state index in [1.165, 1.54) is 19.3 Å². The molecule has 5 nitrogen and oxygen atoms in total. The zero-order chi connectivity index (χ0) is 13.5. The number of nitrogens with zero attached hydrogens (tertiary/aromatic N) is 2. The molecule has 0 aliphatic heterocycles. The van der Waals surface area contributed by atoms with Crippen LogP contribution in [0, 0.1) is 5.92 Å². The number of hydrogen-bond acceptors (Lipinski definition) is 3. The molecule has 3 N–H and O–H groups in total. The van der Waals surface area contributed by atoms with Gasteiger partial charge in [0.05, 0.1) is 11.6 Å². The van der Waals surface area contributed by atoms with Gasteiger partial charge in [-0.2, -0.15) is 0 Å². The Kier molecular flexibility index (Phi) is 7.98. The standard InChI is InChI=1S/C13H19ClN4O.HI/c14-11-4-5-12(17-9-11)19-7-6-16-13(15)18-8-10-2-1-3-10;/h4-5,9-10H,1-3,6-8H2,(H3,15,16,18);1H. The van der Waals surface area contributed by atoms with Crippen LogP contribution in [-0.4, -0.2) is 30.6 Å². The summed E-state index contributed by atoms with van der Waals surface area (Å²) in [5.74, 6) is 1.77. The van der Waals surface area contributed by atoms with Crippen LogP contribution in [0.5, 0.6) is 5.88 Å². The normalized spacial score (nSPS) is 15.2. The van der Waals surface area contributed by atoms with Gasteiger partial charge in [-0.3, -0.25) is 4.99 Å². The molecule has 0 bridgehead atoms. The third-order valence-electron chi connectivity index (χ3n) is 3.10. The fourth-order valence-corrected chi connectivity index (χ4v) is 1.85. The smallest absolute Gasteiger partial charge is 0.213 e. The van der Waals surface area contributed by atoms with Crippen molar-refractivity contribution in [3.8, 4) is 5.88 Å². The Labute approximate surface area is 141 Å². The monoisotopic (exact) mass is 410 g/mol. The first kappa shape index (κ1) is 17.3. The van der Waals surface area contributed by atoms with E-state index in [0.717, 1.165) is 12.5 Å². The second-order valence-corrected chi connectivity index (χ2v) is 5.05. The van der Waals surface area contributed by atoms with E-state index in [4.69, 9.17) is 22.1 Å². The van der Waals surface area contributed by atoms with E-state index in [1.54, 1.807) is 18.3 Å². The molecule has 20 heavy (non-hydrogen) atoms. The maximum atomic E-state index is 5.75. The molecule has 0 aromatic carbocycles. The third-order valence-corrected chi connectivity index (χ3v) is 3.33. The Morgan fingerprint density at radius 3 is 2.90 bits per heavy atom. The summed E-state index contributed by atoms with van der Waals surface area (Å²) in [5, 5.41) is 3.61. The molecule has 1 aromatic heterocycles. The summed E-state index contributed by atoms with van der Waals surface area (Å²) in [6, 6.07) is 3.47. The van der Waals surface area contributed by atoms with Crippen molar-refractivity contribution in [1.29, 1.82) is 0 Å². The molecule has 0 spiro atoms. The third kappa shape index (κ3) is 6.13. The molecule has 0 amide bonds. The molecule has 1 fully saturated rings. The highest BCUT2D eigenvalue weighted by atomic mass is 127. The Hall–Kier alpha value is -0.760. The minimum absolute atomic E-state index is 0. The van der Waals surface area contributed by atoms with Crippen molar-refractivity contribution < 1.29 is 4.74 Å². The topological polar surface area (TPSA) is 72.5 Å². The number of nitrogens with one attached hydrogen (secondary N) is 1. The molecule has 1 aromatic rings. The second kappa shape index (κ2) is 9.23. The van der Waals surface area contributed by atoms with Crippen LogP contribution >= 0.6 is 35.6 Å². The molecule has 7 heteroatoms. The van der Waals surface area contributed by atoms with Gasteiger partial charge in [-0.15, -0.1) is 24.0 Å². The van der Waals surface area contributed by atoms with Crippen LogP contribution in [0.15, 0.2) is 23.3 Å². The van der Waals surface area contributed by atoms with E-state index >= 15 is 0 Å². The quantitative estimate of drug-likeness (QED) is 0.327. The minimum atomic E-state index is 0. The highest BCUT2D eigenvalue weighted by molar-refractivity contribution is 14.0. The maximum Gasteiger partial charge on any atom is 0.213 e. The van der Waals surface area contributed by atoms with Crippen molar-refractivity contribution in [2.75, 3.05) is 19.7 Å². The van der Waals surface area contributed by atoms with E-state index in [1.807, 2.05) is 0 Å². The van der Waals surface area contributed by atoms with Crippen molar-refractivity contribution in [3.63, 3.8) is 0 Å². The number of pyridine rings is 1. The van der Waals surface area contributed by atoms with E-state index in [9.17, 15) is 0 Å². The van der Waals surface area contributed by atoms with E-state index < -0.39 is 0 Å². The second-order valence-electron chi connectivity index (χ2n) is 4.61. The van der Waals surface area contributed by atoms with Crippen molar-refractivity contribution in [2.45, 2.75) is 19.3 Å². The van der Waals surface area contributed by atoms with Crippen LogP contribution in [0.3, 0.4) is 0 Å². The number of hydrogen-bond donors (Lipinski definition) is 2. The molecular formula is C13H20ClIN4O. The molecular weight excluding hydrogens is 391 g/mol. The summed E-state index contributed by atoms with van der Waals surface area (Å²) >= 11 is 5.73. The average molecular weight is 411 g/mol. The molecule has 0 atom stereocenters. The molecule has 0 radical (unpaired) electrons. The lowest BCUT2D eigenvalue weighted by Gasteiger charge is -2.23. The van der Waals surface area contributed by atoms with Gasteiger partial charge < -0.3 is 15.8 Å². The molecule has 112 valence electrons. The molecule has 1 saturated carbocycles. The Balaban J connectivity index is 0.00000200. The van der Waals surface area contributed by atoms with Crippen molar-refractivity contribution in [2.24, 2.45) is 16.6 Å². The first-order valence-electron chi connectivity index (χ1n) is 6.52. The van der Waals surface area contributed by atoms with Gasteiger partial charge in [0.2, 0.25) is 5.88 Å². The first-order chi connectivity index (χ1) is 9.24. The number of nitrogens with two attached hydrogens (primary N) is 1. The van der Waals surface area contributed by atoms with Gasteiger partial charge in [0.15, 0.2) is 5.96 Å². The van der Waals surface area contributed by atoms with Gasteiger partial charge in [-0.25, -0.2) is 4.98 Å². The van der Waals surface area contributed by atoms with E-state index in [0.29, 0.717) is 30.0 Å². The van der Waals surface area contributed by atoms with E-state index in [2.05, 4.69) is 15.3 Å². The number of aliphatic imine (C=N–C) groups is 1. The van der Waals surface area contributed by atoms with Crippen LogP contribution in [0.4, 0.5) is 0 Å². The summed E-state index contributed by atoms with van der Waals surface area (Å²) in [6.07, 6.45) is 5.44. The minimum Gasteiger partial charge on any atom is -0.476 e. The number of guanidine groups is 1. The first-order valence-corrected chi connectivity index (χ1v) is 6.90. The zero-order valence-electron chi connectivity index (χ0n) is 11.2. The number of halogens is 2. The van der Waals surface area contributed by atoms with Crippen LogP contribution in [0.1, 0.15) is 19.3 Å². The van der Waals surface area contributed by atoms with Crippen LogP contribution < -0.4 is 15.8 Å². The van der Waals surface area contributed by atoms with Crippen molar-refractivity contribution >= 4 is 41.5 Å². The van der Waals surface area contributed by atoms with Gasteiger partial charge in [0.1, 0.15) is 6.61 Å². The molecule has 0 saturated heterocycles. The largest absolute Gasteiger partial charge is 0.476 e. The molecule has 1 aliphatic rings. The molecule has 0 unspecified atom stereocenters. The van der Waals surface area contributed by atoms with Crippen LogP contribution in [0.2, 0.25) is 5.02 Å². The highest BCUT2D eigenvalue weighted by Gasteiger charge is 2.16. The van der Waals surface area contributed by atoms with Gasteiger partial charge in [-0.05, 0) is 24.8 Å². The molecule has 1 aliphatic carbocycles. The van der Waals surface area contributed by atoms with E-state index in [-0.39, 0.29) is 24.0 Å². The lowest BCUT2D eigenvalue weighted by molar-refractivity contribution is 0.309. The summed E-state index contributed by atoms with van der Waals surface area (Å²) < 4.78 is 5.43. The molecule has 2 rings (SSSR count). The maximum absolute atomic E-state index is 5.75. The summed E-state index contributed by atoms with van der Waals surface area (Å²) in [4.78, 5) is 8.33. The average Bonchev–Trinajstić information content (AvgIpc) is 2.35. The lowest BCUT2D eigenvalue weighted by atomic mass is 9.86. The fraction of sp³-hybridized carbons (Fsp3) is 0.538.